The summed E-state index contributed by atoms with van der Waals surface area (Å²) in [4.78, 5) is 17.0. The Hall–Kier alpha value is -2.02. The molecule has 2 unspecified atom stereocenters. The van der Waals surface area contributed by atoms with Crippen LogP contribution in [0, 0.1) is 11.6 Å². The van der Waals surface area contributed by atoms with Gasteiger partial charge in [-0.1, -0.05) is 5.16 Å². The first-order valence-electron chi connectivity index (χ1n) is 7.10. The number of halogens is 2. The number of amides is 1. The van der Waals surface area contributed by atoms with Crippen molar-refractivity contribution < 1.29 is 23.5 Å². The van der Waals surface area contributed by atoms with E-state index in [-0.39, 0.29) is 36.3 Å². The highest BCUT2D eigenvalue weighted by Gasteiger charge is 2.30. The second-order valence-electron chi connectivity index (χ2n) is 5.24. The van der Waals surface area contributed by atoms with Crippen molar-refractivity contribution in [3.05, 3.63) is 35.4 Å². The average molecular weight is 312 g/mol. The van der Waals surface area contributed by atoms with Gasteiger partial charge in [-0.25, -0.2) is 8.78 Å². The van der Waals surface area contributed by atoms with Gasteiger partial charge >= 0.3 is 0 Å². The fourth-order valence-electron chi connectivity index (χ4n) is 2.20. The van der Waals surface area contributed by atoms with E-state index in [0.717, 1.165) is 18.2 Å². The van der Waals surface area contributed by atoms with Gasteiger partial charge in [-0.05, 0) is 38.0 Å². The molecule has 7 heteroatoms. The van der Waals surface area contributed by atoms with E-state index < -0.39 is 17.7 Å². The minimum Gasteiger partial charge on any atom is -0.396 e. The summed E-state index contributed by atoms with van der Waals surface area (Å²) < 4.78 is 26.9. The molecule has 0 fully saturated rings. The molecule has 0 aliphatic carbocycles. The molecule has 120 valence electrons. The molecule has 0 saturated carbocycles. The topological polar surface area (TPSA) is 70.9 Å². The molecule has 1 heterocycles. The van der Waals surface area contributed by atoms with E-state index in [1.54, 1.807) is 0 Å². The largest absolute Gasteiger partial charge is 0.396 e. The lowest BCUT2D eigenvalue weighted by Gasteiger charge is -2.15. The van der Waals surface area contributed by atoms with E-state index in [4.69, 9.17) is 9.94 Å². The normalized spacial score (nSPS) is 18.5. The summed E-state index contributed by atoms with van der Waals surface area (Å²) >= 11 is 0. The molecular formula is C15H18F2N2O3. The quantitative estimate of drug-likeness (QED) is 0.840. The number of hydrogen-bond acceptors (Lipinski definition) is 4. The van der Waals surface area contributed by atoms with Crippen LogP contribution in [0.1, 0.15) is 31.7 Å². The number of benzene rings is 1. The zero-order valence-corrected chi connectivity index (χ0v) is 12.2. The highest BCUT2D eigenvalue weighted by atomic mass is 19.1. The van der Waals surface area contributed by atoms with Gasteiger partial charge in [0.05, 0.1) is 5.71 Å². The van der Waals surface area contributed by atoms with Crippen LogP contribution in [-0.2, 0) is 9.63 Å². The zero-order chi connectivity index (χ0) is 16.1. The van der Waals surface area contributed by atoms with E-state index in [2.05, 4.69) is 10.5 Å². The first kappa shape index (κ1) is 16.4. The first-order valence-corrected chi connectivity index (χ1v) is 7.10. The van der Waals surface area contributed by atoms with E-state index in [9.17, 15) is 13.6 Å². The highest BCUT2D eigenvalue weighted by molar-refractivity contribution is 6.04. The first-order chi connectivity index (χ1) is 10.5. The molecule has 1 amide bonds. The van der Waals surface area contributed by atoms with Crippen LogP contribution >= 0.6 is 0 Å². The summed E-state index contributed by atoms with van der Waals surface area (Å²) in [6, 6.07) is 2.94. The van der Waals surface area contributed by atoms with Gasteiger partial charge in [-0.2, -0.15) is 0 Å². The van der Waals surface area contributed by atoms with Crippen LogP contribution in [-0.4, -0.2) is 35.5 Å². The second kappa shape index (κ2) is 7.31. The molecule has 2 atom stereocenters. The lowest BCUT2D eigenvalue weighted by atomic mass is 10.0. The van der Waals surface area contributed by atoms with Gasteiger partial charge in [0.2, 0.25) is 6.10 Å². The van der Waals surface area contributed by atoms with Gasteiger partial charge in [0.15, 0.2) is 0 Å². The van der Waals surface area contributed by atoms with Crippen molar-refractivity contribution >= 4 is 11.6 Å². The number of carbonyl (C=O) groups is 1. The SMILES string of the molecule is CC(CCCO)NC(=O)C1CC(c2cc(F)ccc2F)=NO1. The number of nitrogens with zero attached hydrogens (tertiary/aromatic N) is 1. The van der Waals surface area contributed by atoms with Crippen LogP contribution < -0.4 is 5.32 Å². The molecule has 0 radical (unpaired) electrons. The molecule has 1 aromatic rings. The molecule has 1 aliphatic rings. The van der Waals surface area contributed by atoms with Crippen LogP contribution in [0.3, 0.4) is 0 Å². The Bertz CT molecular complexity index is 578. The van der Waals surface area contributed by atoms with Crippen molar-refractivity contribution in [2.45, 2.75) is 38.3 Å². The Balaban J connectivity index is 1.94. The van der Waals surface area contributed by atoms with Gasteiger partial charge < -0.3 is 15.3 Å². The van der Waals surface area contributed by atoms with Gasteiger partial charge in [0, 0.05) is 24.6 Å². The highest BCUT2D eigenvalue weighted by Crippen LogP contribution is 2.20. The number of carbonyl (C=O) groups excluding carboxylic acids is 1. The van der Waals surface area contributed by atoms with Crippen molar-refractivity contribution in [1.29, 1.82) is 0 Å². The Morgan fingerprint density at radius 3 is 3.05 bits per heavy atom. The van der Waals surface area contributed by atoms with Gasteiger partial charge in [-0.3, -0.25) is 4.79 Å². The minimum absolute atomic E-state index is 0.00336. The zero-order valence-electron chi connectivity index (χ0n) is 12.2. The van der Waals surface area contributed by atoms with Crippen LogP contribution in [0.15, 0.2) is 23.4 Å². The molecule has 0 aromatic heterocycles. The fraction of sp³-hybridized carbons (Fsp3) is 0.467. The number of rotatable bonds is 6. The average Bonchev–Trinajstić information content (AvgIpc) is 2.97. The lowest BCUT2D eigenvalue weighted by molar-refractivity contribution is -0.131. The van der Waals surface area contributed by atoms with Crippen LogP contribution in [0.4, 0.5) is 8.78 Å². The Morgan fingerprint density at radius 2 is 2.32 bits per heavy atom. The summed E-state index contributed by atoms with van der Waals surface area (Å²) in [5.74, 6) is -1.55. The van der Waals surface area contributed by atoms with E-state index in [0.29, 0.717) is 12.8 Å². The molecule has 2 N–H and O–H groups in total. The molecule has 1 aliphatic heterocycles. The second-order valence-corrected chi connectivity index (χ2v) is 5.24. The standard InChI is InChI=1S/C15H18F2N2O3/c1-9(3-2-6-20)18-15(21)14-8-13(19-22-14)11-7-10(16)4-5-12(11)17/h4-5,7,9,14,20H,2-3,6,8H2,1H3,(H,18,21). The maximum absolute atomic E-state index is 13.7. The third-order valence-corrected chi connectivity index (χ3v) is 3.38. The Morgan fingerprint density at radius 1 is 1.55 bits per heavy atom. The summed E-state index contributed by atoms with van der Waals surface area (Å²) in [6.07, 6.45) is 0.456. The predicted molar refractivity (Wildman–Crippen MR) is 76.3 cm³/mol. The monoisotopic (exact) mass is 312 g/mol. The third-order valence-electron chi connectivity index (χ3n) is 3.38. The number of nitrogens with one attached hydrogen (secondary N) is 1. The van der Waals surface area contributed by atoms with Gasteiger partial charge in [0.1, 0.15) is 11.6 Å². The summed E-state index contributed by atoms with van der Waals surface area (Å²) in [6.45, 7) is 1.88. The molecule has 0 saturated heterocycles. The number of aliphatic hydroxyl groups is 1. The Labute approximate surface area is 127 Å². The van der Waals surface area contributed by atoms with E-state index in [1.807, 2.05) is 6.92 Å². The van der Waals surface area contributed by atoms with Crippen molar-refractivity contribution in [3.8, 4) is 0 Å². The molecular weight excluding hydrogens is 294 g/mol. The molecule has 5 nitrogen and oxygen atoms in total. The predicted octanol–water partition coefficient (Wildman–Crippen LogP) is 1.74. The number of hydrogen-bond donors (Lipinski definition) is 2. The summed E-state index contributed by atoms with van der Waals surface area (Å²) in [5, 5.41) is 15.2. The minimum atomic E-state index is -0.853. The van der Waals surface area contributed by atoms with Crippen LogP contribution in [0.5, 0.6) is 0 Å². The van der Waals surface area contributed by atoms with Crippen molar-refractivity contribution in [2.75, 3.05) is 6.61 Å². The van der Waals surface area contributed by atoms with Gasteiger partial charge in [0.25, 0.3) is 5.91 Å². The van der Waals surface area contributed by atoms with E-state index in [1.165, 1.54) is 0 Å². The molecule has 22 heavy (non-hydrogen) atoms. The molecule has 2 rings (SSSR count). The van der Waals surface area contributed by atoms with Crippen molar-refractivity contribution in [3.63, 3.8) is 0 Å². The number of aliphatic hydroxyl groups excluding tert-OH is 1. The third kappa shape index (κ3) is 4.00. The van der Waals surface area contributed by atoms with E-state index >= 15 is 0 Å². The van der Waals surface area contributed by atoms with Crippen molar-refractivity contribution in [1.82, 2.24) is 5.32 Å². The molecule has 1 aromatic carbocycles. The maximum atomic E-state index is 13.7. The van der Waals surface area contributed by atoms with Crippen LogP contribution in [0.25, 0.3) is 0 Å². The smallest absolute Gasteiger partial charge is 0.264 e. The molecule has 0 spiro atoms. The maximum Gasteiger partial charge on any atom is 0.264 e. The Kier molecular flexibility index (Phi) is 5.43. The number of oxime groups is 1. The molecule has 0 bridgehead atoms. The van der Waals surface area contributed by atoms with Gasteiger partial charge in [-0.15, -0.1) is 0 Å². The summed E-state index contributed by atoms with van der Waals surface area (Å²) in [5.41, 5.74) is 0.212. The van der Waals surface area contributed by atoms with Crippen molar-refractivity contribution in [2.24, 2.45) is 5.16 Å². The lowest BCUT2D eigenvalue weighted by Crippen LogP contribution is -2.40. The summed E-state index contributed by atoms with van der Waals surface area (Å²) in [7, 11) is 0. The van der Waals surface area contributed by atoms with Crippen LogP contribution in [0.2, 0.25) is 0 Å². The fourth-order valence-corrected chi connectivity index (χ4v) is 2.20.